The minimum absolute atomic E-state index is 0.197. The summed E-state index contributed by atoms with van der Waals surface area (Å²) >= 11 is 5.83. The molecule has 0 radical (unpaired) electrons. The fourth-order valence-corrected chi connectivity index (χ4v) is 1.51. The molecule has 0 fully saturated rings. The summed E-state index contributed by atoms with van der Waals surface area (Å²) in [5, 5.41) is 0.648. The van der Waals surface area contributed by atoms with Crippen LogP contribution in [-0.2, 0) is 0 Å². The van der Waals surface area contributed by atoms with E-state index in [-0.39, 0.29) is 6.04 Å². The van der Waals surface area contributed by atoms with Crippen molar-refractivity contribution >= 4 is 11.6 Å². The van der Waals surface area contributed by atoms with Crippen molar-refractivity contribution in [1.29, 1.82) is 0 Å². The van der Waals surface area contributed by atoms with Crippen molar-refractivity contribution in [2.24, 2.45) is 5.73 Å². The lowest BCUT2D eigenvalue weighted by atomic mass is 10.2. The Morgan fingerprint density at radius 1 is 1.38 bits per heavy atom. The average molecular weight is 238 g/mol. The number of nitrogens with two attached hydrogens (primary N) is 1. The number of benzene rings is 1. The van der Waals surface area contributed by atoms with Crippen molar-refractivity contribution in [3.8, 4) is 5.75 Å². The van der Waals surface area contributed by atoms with Gasteiger partial charge in [-0.25, -0.2) is 0 Å². The van der Waals surface area contributed by atoms with Crippen LogP contribution in [-0.4, -0.2) is 6.61 Å². The quantitative estimate of drug-likeness (QED) is 0.889. The molecule has 3 nitrogen and oxygen atoms in total. The van der Waals surface area contributed by atoms with E-state index in [1.807, 2.05) is 18.2 Å². The van der Waals surface area contributed by atoms with E-state index >= 15 is 0 Å². The highest BCUT2D eigenvalue weighted by molar-refractivity contribution is 6.30. The van der Waals surface area contributed by atoms with Gasteiger partial charge < -0.3 is 14.9 Å². The first-order chi connectivity index (χ1) is 7.75. The van der Waals surface area contributed by atoms with Crippen molar-refractivity contribution in [2.45, 2.75) is 6.04 Å². The lowest BCUT2D eigenvalue weighted by molar-refractivity contribution is 0.290. The molecular formula is C12H12ClNO2. The maximum Gasteiger partial charge on any atom is 0.120 e. The Balaban J connectivity index is 1.92. The number of furan rings is 1. The predicted octanol–water partition coefficient (Wildman–Crippen LogP) is 3.01. The van der Waals surface area contributed by atoms with Crippen molar-refractivity contribution in [2.75, 3.05) is 6.61 Å². The first kappa shape index (κ1) is 11.0. The molecule has 1 aromatic heterocycles. The van der Waals surface area contributed by atoms with Crippen LogP contribution in [0.3, 0.4) is 0 Å². The van der Waals surface area contributed by atoms with Crippen LogP contribution in [0.5, 0.6) is 5.75 Å². The van der Waals surface area contributed by atoms with Crippen LogP contribution in [0.2, 0.25) is 5.02 Å². The largest absolute Gasteiger partial charge is 0.492 e. The van der Waals surface area contributed by atoms with Gasteiger partial charge in [0.25, 0.3) is 0 Å². The zero-order valence-electron chi connectivity index (χ0n) is 8.60. The molecule has 84 valence electrons. The first-order valence-electron chi connectivity index (χ1n) is 4.92. The zero-order chi connectivity index (χ0) is 11.4. The molecule has 1 aromatic carbocycles. The van der Waals surface area contributed by atoms with Gasteiger partial charge in [0, 0.05) is 10.6 Å². The van der Waals surface area contributed by atoms with Gasteiger partial charge in [-0.05, 0) is 24.3 Å². The van der Waals surface area contributed by atoms with Gasteiger partial charge in [0.15, 0.2) is 0 Å². The van der Waals surface area contributed by atoms with Gasteiger partial charge in [-0.2, -0.15) is 0 Å². The summed E-state index contributed by atoms with van der Waals surface area (Å²) in [6, 6.07) is 8.85. The zero-order valence-corrected chi connectivity index (χ0v) is 9.35. The molecule has 0 saturated carbocycles. The van der Waals surface area contributed by atoms with E-state index in [9.17, 15) is 0 Å². The molecule has 2 aromatic rings. The molecule has 0 aliphatic rings. The third-order valence-electron chi connectivity index (χ3n) is 2.20. The Hall–Kier alpha value is -1.45. The molecule has 16 heavy (non-hydrogen) atoms. The van der Waals surface area contributed by atoms with Gasteiger partial charge in [0.2, 0.25) is 0 Å². The fourth-order valence-electron chi connectivity index (χ4n) is 1.32. The Morgan fingerprint density at radius 2 is 2.25 bits per heavy atom. The molecule has 0 saturated heterocycles. The number of hydrogen-bond donors (Lipinski definition) is 1. The molecule has 0 amide bonds. The number of ether oxygens (including phenoxy) is 1. The third kappa shape index (κ3) is 2.78. The monoisotopic (exact) mass is 237 g/mol. The van der Waals surface area contributed by atoms with Crippen molar-refractivity contribution in [3.05, 3.63) is 53.4 Å². The van der Waals surface area contributed by atoms with Crippen LogP contribution in [0.4, 0.5) is 0 Å². The minimum atomic E-state index is -0.197. The standard InChI is InChI=1S/C12H12ClNO2/c13-10-2-1-3-11(6-10)16-8-12(14)9-4-5-15-7-9/h1-7,12H,8,14H2. The fraction of sp³-hybridized carbons (Fsp3) is 0.167. The Kier molecular flexibility index (Phi) is 3.49. The Morgan fingerprint density at radius 3 is 2.94 bits per heavy atom. The molecule has 1 atom stereocenters. The van der Waals surface area contributed by atoms with Crippen LogP contribution in [0.25, 0.3) is 0 Å². The highest BCUT2D eigenvalue weighted by Gasteiger charge is 2.07. The van der Waals surface area contributed by atoms with Gasteiger partial charge in [0.05, 0.1) is 18.6 Å². The molecule has 1 unspecified atom stereocenters. The summed E-state index contributed by atoms with van der Waals surface area (Å²) in [4.78, 5) is 0. The molecule has 2 rings (SSSR count). The summed E-state index contributed by atoms with van der Waals surface area (Å²) in [7, 11) is 0. The smallest absolute Gasteiger partial charge is 0.120 e. The van der Waals surface area contributed by atoms with E-state index in [4.69, 9.17) is 26.5 Å². The van der Waals surface area contributed by atoms with E-state index < -0.39 is 0 Å². The summed E-state index contributed by atoms with van der Waals surface area (Å²) < 4.78 is 10.5. The lowest BCUT2D eigenvalue weighted by Gasteiger charge is -2.11. The van der Waals surface area contributed by atoms with E-state index in [2.05, 4.69) is 0 Å². The van der Waals surface area contributed by atoms with E-state index in [1.54, 1.807) is 24.7 Å². The normalized spacial score (nSPS) is 12.4. The van der Waals surface area contributed by atoms with Crippen LogP contribution >= 0.6 is 11.6 Å². The summed E-state index contributed by atoms with van der Waals surface area (Å²) in [6.07, 6.45) is 3.21. The highest BCUT2D eigenvalue weighted by atomic mass is 35.5. The number of rotatable bonds is 4. The lowest BCUT2D eigenvalue weighted by Crippen LogP contribution is -2.18. The molecule has 1 heterocycles. The van der Waals surface area contributed by atoms with Crippen LogP contribution in [0, 0.1) is 0 Å². The molecule has 4 heteroatoms. The van der Waals surface area contributed by atoms with Crippen molar-refractivity contribution < 1.29 is 9.15 Å². The SMILES string of the molecule is NC(COc1cccc(Cl)c1)c1ccoc1. The minimum Gasteiger partial charge on any atom is -0.492 e. The van der Waals surface area contributed by atoms with E-state index in [0.717, 1.165) is 5.56 Å². The number of hydrogen-bond acceptors (Lipinski definition) is 3. The summed E-state index contributed by atoms with van der Waals surface area (Å²) in [5.41, 5.74) is 6.83. The van der Waals surface area contributed by atoms with E-state index in [0.29, 0.717) is 17.4 Å². The Bertz CT molecular complexity index is 442. The third-order valence-corrected chi connectivity index (χ3v) is 2.43. The average Bonchev–Trinajstić information content (AvgIpc) is 2.79. The van der Waals surface area contributed by atoms with Gasteiger partial charge in [-0.3, -0.25) is 0 Å². The highest BCUT2D eigenvalue weighted by Crippen LogP contribution is 2.19. The van der Waals surface area contributed by atoms with Crippen molar-refractivity contribution in [3.63, 3.8) is 0 Å². The maximum absolute atomic E-state index is 5.91. The van der Waals surface area contributed by atoms with Gasteiger partial charge >= 0.3 is 0 Å². The second kappa shape index (κ2) is 5.05. The molecule has 0 aliphatic heterocycles. The van der Waals surface area contributed by atoms with Crippen molar-refractivity contribution in [1.82, 2.24) is 0 Å². The van der Waals surface area contributed by atoms with Gasteiger partial charge in [-0.15, -0.1) is 0 Å². The molecule has 2 N–H and O–H groups in total. The first-order valence-corrected chi connectivity index (χ1v) is 5.29. The Labute approximate surface area is 98.8 Å². The molecule has 0 bridgehead atoms. The van der Waals surface area contributed by atoms with E-state index in [1.165, 1.54) is 0 Å². The van der Waals surface area contributed by atoms with Crippen LogP contribution < -0.4 is 10.5 Å². The van der Waals surface area contributed by atoms with Crippen LogP contribution in [0.15, 0.2) is 47.3 Å². The van der Waals surface area contributed by atoms with Gasteiger partial charge in [0.1, 0.15) is 12.4 Å². The summed E-state index contributed by atoms with van der Waals surface area (Å²) in [6.45, 7) is 0.389. The topological polar surface area (TPSA) is 48.4 Å². The predicted molar refractivity (Wildman–Crippen MR) is 62.6 cm³/mol. The van der Waals surface area contributed by atoms with Crippen LogP contribution in [0.1, 0.15) is 11.6 Å². The number of halogens is 1. The summed E-state index contributed by atoms with van der Waals surface area (Å²) in [5.74, 6) is 0.714. The van der Waals surface area contributed by atoms with Gasteiger partial charge in [-0.1, -0.05) is 17.7 Å². The molecule has 0 aliphatic carbocycles. The molecule has 0 spiro atoms. The molecular weight excluding hydrogens is 226 g/mol. The second-order valence-electron chi connectivity index (χ2n) is 3.43. The second-order valence-corrected chi connectivity index (χ2v) is 3.87. The maximum atomic E-state index is 5.91.